The minimum absolute atomic E-state index is 0.633. The Morgan fingerprint density at radius 2 is 1.57 bits per heavy atom. The van der Waals surface area contributed by atoms with E-state index in [2.05, 4.69) is 29.4 Å². The van der Waals surface area contributed by atoms with Crippen molar-refractivity contribution in [1.29, 1.82) is 0 Å². The van der Waals surface area contributed by atoms with E-state index < -0.39 is 0 Å². The summed E-state index contributed by atoms with van der Waals surface area (Å²) in [4.78, 5) is 3.96. The lowest BCUT2D eigenvalue weighted by atomic mass is 10.2. The molecule has 0 aliphatic heterocycles. The molecule has 0 amide bonds. The number of pyridine rings is 1. The molecule has 3 rings (SSSR count). The molecule has 0 spiro atoms. The van der Waals surface area contributed by atoms with Gasteiger partial charge in [0.25, 0.3) is 0 Å². The van der Waals surface area contributed by atoms with Crippen molar-refractivity contribution in [1.82, 2.24) is 4.98 Å². The third kappa shape index (κ3) is 6.39. The van der Waals surface area contributed by atoms with Crippen molar-refractivity contribution in [3.05, 3.63) is 96.7 Å². The highest BCUT2D eigenvalue weighted by molar-refractivity contribution is 5.15. The van der Waals surface area contributed by atoms with Crippen LogP contribution in [-0.4, -0.2) is 11.6 Å². The van der Waals surface area contributed by atoms with Gasteiger partial charge in [0.05, 0.1) is 12.8 Å². The number of hydrogen-bond donors (Lipinski definition) is 0. The Hall–Kier alpha value is -2.61. The van der Waals surface area contributed by atoms with Gasteiger partial charge in [-0.15, -0.1) is 0 Å². The van der Waals surface area contributed by atoms with Gasteiger partial charge in [0, 0.05) is 12.5 Å². The predicted octanol–water partition coefficient (Wildman–Crippen LogP) is 3.99. The normalized spacial score (nSPS) is 9.33. The van der Waals surface area contributed by atoms with Crippen LogP contribution in [0.2, 0.25) is 0 Å². The Bertz CT molecular complexity index is 516. The second-order valence-electron chi connectivity index (χ2n) is 4.27. The van der Waals surface area contributed by atoms with Crippen LogP contribution in [-0.2, 0) is 6.42 Å². The Kier molecular flexibility index (Phi) is 6.56. The summed E-state index contributed by atoms with van der Waals surface area (Å²) < 4.78 is 5.47. The van der Waals surface area contributed by atoms with Crippen LogP contribution < -0.4 is 4.74 Å². The van der Waals surface area contributed by atoms with E-state index in [0.29, 0.717) is 12.5 Å². The van der Waals surface area contributed by atoms with E-state index in [4.69, 9.17) is 4.74 Å². The first kappa shape index (κ1) is 14.8. The average molecular weight is 275 g/mol. The first-order valence-corrected chi connectivity index (χ1v) is 6.86. The molecule has 0 saturated heterocycles. The molecular weight excluding hydrogens is 258 g/mol. The maximum atomic E-state index is 5.47. The van der Waals surface area contributed by atoms with E-state index in [9.17, 15) is 0 Å². The summed E-state index contributed by atoms with van der Waals surface area (Å²) in [5, 5.41) is 0. The Morgan fingerprint density at radius 3 is 2.14 bits per heavy atom. The van der Waals surface area contributed by atoms with Crippen molar-refractivity contribution < 1.29 is 4.74 Å². The first-order chi connectivity index (χ1) is 10.4. The van der Waals surface area contributed by atoms with Crippen LogP contribution in [0.1, 0.15) is 5.56 Å². The van der Waals surface area contributed by atoms with Gasteiger partial charge < -0.3 is 4.74 Å². The zero-order chi connectivity index (χ0) is 14.6. The zero-order valence-corrected chi connectivity index (χ0v) is 11.8. The molecule has 0 unspecified atom stereocenters. The van der Waals surface area contributed by atoms with Crippen molar-refractivity contribution in [2.45, 2.75) is 6.42 Å². The molecule has 0 atom stereocenters. The third-order valence-corrected chi connectivity index (χ3v) is 2.67. The summed E-state index contributed by atoms with van der Waals surface area (Å²) in [6, 6.07) is 28.2. The Balaban J connectivity index is 0.000000225. The molecule has 2 heteroatoms. The summed E-state index contributed by atoms with van der Waals surface area (Å²) in [6.45, 7) is 0.648. The minimum atomic E-state index is 0.633. The molecule has 0 aliphatic rings. The van der Waals surface area contributed by atoms with Crippen LogP contribution in [0, 0.1) is 12.3 Å². The van der Waals surface area contributed by atoms with Crippen molar-refractivity contribution in [2.24, 2.45) is 0 Å². The molecule has 1 heterocycles. The van der Waals surface area contributed by atoms with E-state index in [1.807, 2.05) is 60.7 Å². The number of hydrogen-bond acceptors (Lipinski definition) is 2. The van der Waals surface area contributed by atoms with E-state index in [1.54, 1.807) is 6.07 Å². The fourth-order valence-corrected chi connectivity index (χ4v) is 1.65. The highest BCUT2D eigenvalue weighted by Gasteiger charge is 1.94. The van der Waals surface area contributed by atoms with Gasteiger partial charge in [-0.25, -0.2) is 4.98 Å². The molecule has 0 saturated carbocycles. The van der Waals surface area contributed by atoms with Crippen molar-refractivity contribution >= 4 is 0 Å². The quantitative estimate of drug-likeness (QED) is 0.718. The summed E-state index contributed by atoms with van der Waals surface area (Å²) in [5.74, 6) is 0.633. The molecule has 1 aromatic heterocycles. The molecule has 0 aliphatic carbocycles. The summed E-state index contributed by atoms with van der Waals surface area (Å²) in [7, 11) is 0. The average Bonchev–Trinajstić information content (AvgIpc) is 2.59. The molecule has 104 valence electrons. The SMILES string of the molecule is [c]1cccc(OCCc2ccccc2)n1.[c]1ccccc1. The second kappa shape index (κ2) is 9.32. The van der Waals surface area contributed by atoms with Gasteiger partial charge >= 0.3 is 0 Å². The third-order valence-electron chi connectivity index (χ3n) is 2.67. The summed E-state index contributed by atoms with van der Waals surface area (Å²) in [6.07, 6.45) is 3.63. The van der Waals surface area contributed by atoms with Gasteiger partial charge in [0.1, 0.15) is 0 Å². The highest BCUT2D eigenvalue weighted by Crippen LogP contribution is 2.05. The van der Waals surface area contributed by atoms with Gasteiger partial charge in [-0.05, 0) is 17.7 Å². The molecule has 21 heavy (non-hydrogen) atoms. The van der Waals surface area contributed by atoms with Crippen LogP contribution in [0.4, 0.5) is 0 Å². The molecule has 2 aromatic carbocycles. The molecule has 3 aromatic rings. The summed E-state index contributed by atoms with van der Waals surface area (Å²) in [5.41, 5.74) is 1.28. The van der Waals surface area contributed by atoms with Gasteiger partial charge in [0.2, 0.25) is 5.88 Å². The Labute approximate surface area is 126 Å². The lowest BCUT2D eigenvalue weighted by Gasteiger charge is -2.04. The number of ether oxygens (including phenoxy) is 1. The predicted molar refractivity (Wildman–Crippen MR) is 84.0 cm³/mol. The van der Waals surface area contributed by atoms with Crippen LogP contribution in [0.25, 0.3) is 0 Å². The zero-order valence-electron chi connectivity index (χ0n) is 11.8. The maximum absolute atomic E-state index is 5.47. The molecule has 0 fully saturated rings. The second-order valence-corrected chi connectivity index (χ2v) is 4.27. The van der Waals surface area contributed by atoms with Crippen molar-refractivity contribution in [3.63, 3.8) is 0 Å². The largest absolute Gasteiger partial charge is 0.477 e. The molecule has 0 bridgehead atoms. The number of aromatic nitrogens is 1. The fraction of sp³-hybridized carbons (Fsp3) is 0.105. The van der Waals surface area contributed by atoms with Crippen LogP contribution >= 0.6 is 0 Å². The van der Waals surface area contributed by atoms with Gasteiger partial charge in [0.15, 0.2) is 0 Å². The van der Waals surface area contributed by atoms with Crippen LogP contribution in [0.5, 0.6) is 5.88 Å². The number of rotatable bonds is 4. The lowest BCUT2D eigenvalue weighted by Crippen LogP contribution is -2.02. The molecule has 2 nitrogen and oxygen atoms in total. The number of nitrogens with zero attached hydrogens (tertiary/aromatic N) is 1. The summed E-state index contributed by atoms with van der Waals surface area (Å²) >= 11 is 0. The van der Waals surface area contributed by atoms with Gasteiger partial charge in [-0.3, -0.25) is 0 Å². The van der Waals surface area contributed by atoms with E-state index >= 15 is 0 Å². The standard InChI is InChI=1S/C13H12NO.C6H5/c1-2-6-12(7-3-1)9-11-15-13-8-4-5-10-14-13;1-2-4-6-5-3-1/h1-8H,9,11H2;1-5H. The lowest BCUT2D eigenvalue weighted by molar-refractivity contribution is 0.309. The van der Waals surface area contributed by atoms with Crippen molar-refractivity contribution in [2.75, 3.05) is 6.61 Å². The van der Waals surface area contributed by atoms with Gasteiger partial charge in [-0.2, -0.15) is 0 Å². The van der Waals surface area contributed by atoms with Crippen LogP contribution in [0.3, 0.4) is 0 Å². The minimum Gasteiger partial charge on any atom is -0.477 e. The maximum Gasteiger partial charge on any atom is 0.213 e. The number of benzene rings is 2. The first-order valence-electron chi connectivity index (χ1n) is 6.86. The van der Waals surface area contributed by atoms with E-state index in [1.165, 1.54) is 5.56 Å². The molecular formula is C19H17NO. The topological polar surface area (TPSA) is 22.1 Å². The van der Waals surface area contributed by atoms with E-state index in [0.717, 1.165) is 6.42 Å². The molecule has 0 N–H and O–H groups in total. The van der Waals surface area contributed by atoms with E-state index in [-0.39, 0.29) is 0 Å². The van der Waals surface area contributed by atoms with Crippen LogP contribution in [0.15, 0.2) is 78.9 Å². The van der Waals surface area contributed by atoms with Crippen molar-refractivity contribution in [3.8, 4) is 5.88 Å². The monoisotopic (exact) mass is 275 g/mol. The smallest absolute Gasteiger partial charge is 0.213 e. The fourth-order valence-electron chi connectivity index (χ4n) is 1.65. The molecule has 2 radical (unpaired) electrons. The highest BCUT2D eigenvalue weighted by atomic mass is 16.5. The van der Waals surface area contributed by atoms with Gasteiger partial charge in [-0.1, -0.05) is 66.7 Å². The Morgan fingerprint density at radius 1 is 0.810 bits per heavy atom.